The summed E-state index contributed by atoms with van der Waals surface area (Å²) in [5.41, 5.74) is 0. The third-order valence-corrected chi connectivity index (χ3v) is 4.83. The van der Waals surface area contributed by atoms with Crippen molar-refractivity contribution in [3.05, 3.63) is 0 Å². The first-order chi connectivity index (χ1) is 10.1. The van der Waals surface area contributed by atoms with Gasteiger partial charge >= 0.3 is 5.97 Å². The van der Waals surface area contributed by atoms with Crippen LogP contribution >= 0.6 is 0 Å². The number of nitrogens with zero attached hydrogens (tertiary/aromatic N) is 2. The number of nitrogens with one attached hydrogen (secondary N) is 1. The number of piperazine rings is 1. The molecule has 2 rings (SSSR count). The maximum absolute atomic E-state index is 12.7. The van der Waals surface area contributed by atoms with Crippen LogP contribution in [0.5, 0.6) is 0 Å². The largest absolute Gasteiger partial charge is 0.469 e. The molecule has 21 heavy (non-hydrogen) atoms. The van der Waals surface area contributed by atoms with Gasteiger partial charge in [0, 0.05) is 32.2 Å². The smallest absolute Gasteiger partial charge is 0.309 e. The van der Waals surface area contributed by atoms with Gasteiger partial charge in [0.1, 0.15) is 0 Å². The van der Waals surface area contributed by atoms with Gasteiger partial charge in [-0.3, -0.25) is 14.5 Å². The summed E-state index contributed by atoms with van der Waals surface area (Å²) < 4.78 is 4.84. The van der Waals surface area contributed by atoms with Crippen molar-refractivity contribution >= 4 is 11.9 Å². The maximum Gasteiger partial charge on any atom is 0.309 e. The Morgan fingerprint density at radius 2 is 1.86 bits per heavy atom. The molecular weight excluding hydrogens is 270 g/mol. The second-order valence-electron chi connectivity index (χ2n) is 6.02. The highest BCUT2D eigenvalue weighted by Crippen LogP contribution is 2.25. The number of likely N-dealkylation sites (tertiary alicyclic amines) is 1. The summed E-state index contributed by atoms with van der Waals surface area (Å²) in [7, 11) is 1.42. The van der Waals surface area contributed by atoms with Gasteiger partial charge in [0.2, 0.25) is 5.91 Å². The number of hydrogen-bond acceptors (Lipinski definition) is 5. The Labute approximate surface area is 126 Å². The number of rotatable bonds is 4. The minimum Gasteiger partial charge on any atom is -0.469 e. The summed E-state index contributed by atoms with van der Waals surface area (Å²) >= 11 is 0. The third kappa shape index (κ3) is 3.55. The second kappa shape index (κ2) is 7.22. The monoisotopic (exact) mass is 297 g/mol. The number of amides is 1. The molecule has 0 spiro atoms. The van der Waals surface area contributed by atoms with Crippen LogP contribution in [-0.2, 0) is 14.3 Å². The predicted molar refractivity (Wildman–Crippen MR) is 79.8 cm³/mol. The number of carbonyl (C=O) groups excluding carboxylic acids is 2. The topological polar surface area (TPSA) is 61.9 Å². The lowest BCUT2D eigenvalue weighted by molar-refractivity contribution is -0.149. The third-order valence-electron chi connectivity index (χ3n) is 4.83. The summed E-state index contributed by atoms with van der Waals surface area (Å²) in [5, 5.41) is 3.27. The van der Waals surface area contributed by atoms with E-state index in [0.717, 1.165) is 45.6 Å². The summed E-state index contributed by atoms with van der Waals surface area (Å²) in [6.07, 6.45) is 1.90. The molecule has 3 unspecified atom stereocenters. The van der Waals surface area contributed by atoms with Gasteiger partial charge in [-0.2, -0.15) is 0 Å². The lowest BCUT2D eigenvalue weighted by Crippen LogP contribution is -2.55. The van der Waals surface area contributed by atoms with Crippen LogP contribution < -0.4 is 5.32 Å². The van der Waals surface area contributed by atoms with Gasteiger partial charge in [-0.25, -0.2) is 0 Å². The number of esters is 1. The van der Waals surface area contributed by atoms with Crippen LogP contribution in [-0.4, -0.2) is 73.6 Å². The Morgan fingerprint density at radius 3 is 2.48 bits per heavy atom. The molecule has 2 saturated heterocycles. The fraction of sp³-hybridized carbons (Fsp3) is 0.867. The highest BCUT2D eigenvalue weighted by atomic mass is 16.5. The first-order valence-electron chi connectivity index (χ1n) is 7.89. The van der Waals surface area contributed by atoms with Crippen molar-refractivity contribution in [3.63, 3.8) is 0 Å². The van der Waals surface area contributed by atoms with Crippen LogP contribution in [0.3, 0.4) is 0 Å². The molecule has 0 aromatic rings. The lowest BCUT2D eigenvalue weighted by atomic mass is 10.0. The molecule has 1 amide bonds. The van der Waals surface area contributed by atoms with Crippen LogP contribution in [0.25, 0.3) is 0 Å². The molecule has 0 radical (unpaired) electrons. The highest BCUT2D eigenvalue weighted by molar-refractivity contribution is 5.82. The molecule has 6 nitrogen and oxygen atoms in total. The number of methoxy groups -OCH3 is 1. The molecule has 0 bridgehead atoms. The quantitative estimate of drug-likeness (QED) is 0.745. The van der Waals surface area contributed by atoms with Crippen molar-refractivity contribution in [1.29, 1.82) is 0 Å². The molecule has 0 aromatic heterocycles. The minimum absolute atomic E-state index is 0.0248. The van der Waals surface area contributed by atoms with Crippen molar-refractivity contribution < 1.29 is 14.3 Å². The minimum atomic E-state index is -0.216. The normalized spacial score (nSPS) is 26.4. The highest BCUT2D eigenvalue weighted by Gasteiger charge is 2.39. The van der Waals surface area contributed by atoms with Gasteiger partial charge in [-0.15, -0.1) is 0 Å². The van der Waals surface area contributed by atoms with Crippen LogP contribution in [0, 0.1) is 5.92 Å². The van der Waals surface area contributed by atoms with E-state index in [9.17, 15) is 9.59 Å². The molecule has 0 saturated carbocycles. The fourth-order valence-corrected chi connectivity index (χ4v) is 3.31. The Morgan fingerprint density at radius 1 is 1.19 bits per heavy atom. The van der Waals surface area contributed by atoms with Crippen molar-refractivity contribution in [2.75, 3.05) is 39.8 Å². The van der Waals surface area contributed by atoms with Crippen molar-refractivity contribution in [2.24, 2.45) is 5.92 Å². The molecule has 0 aromatic carbocycles. The maximum atomic E-state index is 12.7. The van der Waals surface area contributed by atoms with E-state index in [2.05, 4.69) is 10.2 Å². The summed E-state index contributed by atoms with van der Waals surface area (Å²) in [6, 6.07) is -0.0537. The van der Waals surface area contributed by atoms with Gasteiger partial charge in [0.25, 0.3) is 0 Å². The van der Waals surface area contributed by atoms with E-state index in [0.29, 0.717) is 0 Å². The van der Waals surface area contributed by atoms with E-state index < -0.39 is 0 Å². The van der Waals surface area contributed by atoms with Crippen molar-refractivity contribution in [1.82, 2.24) is 15.1 Å². The number of carbonyl (C=O) groups is 2. The van der Waals surface area contributed by atoms with Gasteiger partial charge in [-0.05, 0) is 26.3 Å². The molecule has 1 N–H and O–H groups in total. The average Bonchev–Trinajstić information content (AvgIpc) is 3.02. The zero-order valence-corrected chi connectivity index (χ0v) is 13.3. The van der Waals surface area contributed by atoms with E-state index in [1.807, 2.05) is 18.7 Å². The van der Waals surface area contributed by atoms with E-state index in [1.54, 1.807) is 0 Å². The van der Waals surface area contributed by atoms with E-state index in [1.165, 1.54) is 7.11 Å². The Kier molecular flexibility index (Phi) is 5.58. The lowest BCUT2D eigenvalue weighted by Gasteiger charge is -2.36. The van der Waals surface area contributed by atoms with E-state index in [-0.39, 0.29) is 29.9 Å². The van der Waals surface area contributed by atoms with E-state index in [4.69, 9.17) is 4.74 Å². The van der Waals surface area contributed by atoms with Crippen LogP contribution in [0.1, 0.15) is 26.7 Å². The van der Waals surface area contributed by atoms with Crippen LogP contribution in [0.15, 0.2) is 0 Å². The summed E-state index contributed by atoms with van der Waals surface area (Å²) in [4.78, 5) is 28.6. The molecule has 2 fully saturated rings. The molecule has 2 heterocycles. The molecule has 0 aliphatic carbocycles. The molecule has 2 aliphatic rings. The van der Waals surface area contributed by atoms with Gasteiger partial charge in [0.15, 0.2) is 0 Å². The predicted octanol–water partition coefficient (Wildman–Crippen LogP) is 0.0802. The number of hydrogen-bond donors (Lipinski definition) is 1. The Bertz CT molecular complexity index is 382. The summed E-state index contributed by atoms with van der Waals surface area (Å²) in [6.45, 7) is 8.07. The first-order valence-corrected chi connectivity index (χ1v) is 7.89. The molecule has 120 valence electrons. The first kappa shape index (κ1) is 16.2. The molecule has 3 atom stereocenters. The van der Waals surface area contributed by atoms with Gasteiger partial charge in [-0.1, -0.05) is 6.92 Å². The van der Waals surface area contributed by atoms with Crippen molar-refractivity contribution in [3.8, 4) is 0 Å². The van der Waals surface area contributed by atoms with Crippen LogP contribution in [0.2, 0.25) is 0 Å². The van der Waals surface area contributed by atoms with Gasteiger partial charge in [0.05, 0.1) is 19.1 Å². The fourth-order valence-electron chi connectivity index (χ4n) is 3.31. The van der Waals surface area contributed by atoms with Crippen LogP contribution in [0.4, 0.5) is 0 Å². The number of ether oxygens (including phenoxy) is 1. The summed E-state index contributed by atoms with van der Waals surface area (Å²) in [5.74, 6) is -0.202. The average molecular weight is 297 g/mol. The molecule has 6 heteroatoms. The van der Waals surface area contributed by atoms with E-state index >= 15 is 0 Å². The second-order valence-corrected chi connectivity index (χ2v) is 6.02. The zero-order chi connectivity index (χ0) is 15.4. The Hall–Kier alpha value is -1.14. The Balaban J connectivity index is 2.01. The van der Waals surface area contributed by atoms with Gasteiger partial charge < -0.3 is 15.0 Å². The SMILES string of the molecule is COC(=O)C(C)C(C)N1CCCC1C(=O)N1CCNCC1. The van der Waals surface area contributed by atoms with Crippen molar-refractivity contribution in [2.45, 2.75) is 38.8 Å². The molecule has 2 aliphatic heterocycles. The molecular formula is C15H27N3O3. The standard InChI is InChI=1S/C15H27N3O3/c1-11(15(20)21-3)12(2)18-8-4-5-13(18)14(19)17-9-6-16-7-10-17/h11-13,16H,4-10H2,1-3H3. The zero-order valence-electron chi connectivity index (χ0n) is 13.3.